The third-order valence-electron chi connectivity index (χ3n) is 3.64. The van der Waals surface area contributed by atoms with Crippen LogP contribution in [0.4, 0.5) is 5.69 Å². The van der Waals surface area contributed by atoms with Crippen LogP contribution < -0.4 is 10.6 Å². The number of carbonyl (C=O) groups is 1. The normalized spacial score (nSPS) is 16.2. The quantitative estimate of drug-likeness (QED) is 0.880. The van der Waals surface area contributed by atoms with Crippen LogP contribution in [0.1, 0.15) is 29.6 Å². The maximum absolute atomic E-state index is 12.3. The highest BCUT2D eigenvalue weighted by Gasteiger charge is 2.26. The van der Waals surface area contributed by atoms with Gasteiger partial charge in [-0.25, -0.2) is 4.98 Å². The summed E-state index contributed by atoms with van der Waals surface area (Å²) < 4.78 is 0. The molecule has 4 nitrogen and oxygen atoms in total. The van der Waals surface area contributed by atoms with E-state index in [1.54, 1.807) is 11.3 Å². The zero-order chi connectivity index (χ0) is 15.5. The molecule has 0 fully saturated rings. The molecule has 6 heteroatoms. The van der Waals surface area contributed by atoms with Crippen LogP contribution in [0.2, 0.25) is 5.02 Å². The molecule has 2 aromatic rings. The minimum atomic E-state index is -0.234. The number of anilines is 1. The van der Waals surface area contributed by atoms with Gasteiger partial charge in [-0.3, -0.25) is 4.79 Å². The molecule has 0 aliphatic carbocycles. The van der Waals surface area contributed by atoms with Crippen molar-refractivity contribution in [2.75, 3.05) is 5.32 Å². The standard InChI is InChI=1S/C16H18ClN3OS/c1-2-3-15-19-12(9-22-15)8-18-16(21)14-7-10-6-11(17)4-5-13(10)20-14/h4-6,9,14,20H,2-3,7-8H2,1H3,(H,18,21)/t14-/m0/s1. The Hall–Kier alpha value is -1.59. The molecule has 1 amide bonds. The van der Waals surface area contributed by atoms with Gasteiger partial charge in [0.25, 0.3) is 0 Å². The summed E-state index contributed by atoms with van der Waals surface area (Å²) in [6.45, 7) is 2.62. The second-order valence-corrected chi connectivity index (χ2v) is 6.78. The van der Waals surface area contributed by atoms with Crippen molar-refractivity contribution in [3.8, 4) is 0 Å². The van der Waals surface area contributed by atoms with Crippen LogP contribution in [0.3, 0.4) is 0 Å². The van der Waals surface area contributed by atoms with Crippen molar-refractivity contribution in [2.24, 2.45) is 0 Å². The molecule has 3 rings (SSSR count). The van der Waals surface area contributed by atoms with Crippen molar-refractivity contribution < 1.29 is 4.79 Å². The number of nitrogens with one attached hydrogen (secondary N) is 2. The van der Waals surface area contributed by atoms with Crippen molar-refractivity contribution in [1.82, 2.24) is 10.3 Å². The Morgan fingerprint density at radius 2 is 2.41 bits per heavy atom. The van der Waals surface area contributed by atoms with Gasteiger partial charge in [-0.1, -0.05) is 18.5 Å². The van der Waals surface area contributed by atoms with Gasteiger partial charge in [0.15, 0.2) is 0 Å². The fraction of sp³-hybridized carbons (Fsp3) is 0.375. The van der Waals surface area contributed by atoms with Crippen molar-refractivity contribution in [2.45, 2.75) is 38.8 Å². The number of carbonyl (C=O) groups excluding carboxylic acids is 1. The van der Waals surface area contributed by atoms with Crippen LogP contribution in [-0.2, 0) is 24.2 Å². The average molecular weight is 336 g/mol. The Balaban J connectivity index is 1.55. The number of amides is 1. The first-order valence-electron chi connectivity index (χ1n) is 7.41. The third kappa shape index (κ3) is 3.42. The van der Waals surface area contributed by atoms with Gasteiger partial charge in [0.05, 0.1) is 17.2 Å². The summed E-state index contributed by atoms with van der Waals surface area (Å²) in [7, 11) is 0. The molecule has 2 heterocycles. The maximum atomic E-state index is 12.3. The molecule has 0 radical (unpaired) electrons. The third-order valence-corrected chi connectivity index (χ3v) is 4.84. The molecule has 1 atom stereocenters. The average Bonchev–Trinajstić information content (AvgIpc) is 3.11. The molecule has 116 valence electrons. The monoisotopic (exact) mass is 335 g/mol. The number of aryl methyl sites for hydroxylation is 1. The first kappa shape index (κ1) is 15.3. The number of fused-ring (bicyclic) bond motifs is 1. The molecular formula is C16H18ClN3OS. The summed E-state index contributed by atoms with van der Waals surface area (Å²) in [6, 6.07) is 5.43. The molecule has 1 aromatic carbocycles. The van der Waals surface area contributed by atoms with Gasteiger partial charge in [0.2, 0.25) is 5.91 Å². The SMILES string of the molecule is CCCc1nc(CNC(=O)[C@@H]2Cc3cc(Cl)ccc3N2)cs1. The number of aromatic nitrogens is 1. The minimum Gasteiger partial charge on any atom is -0.373 e. The van der Waals surface area contributed by atoms with Crippen LogP contribution in [0.25, 0.3) is 0 Å². The van der Waals surface area contributed by atoms with E-state index in [0.717, 1.165) is 34.8 Å². The van der Waals surface area contributed by atoms with E-state index in [0.29, 0.717) is 18.0 Å². The number of thiazole rings is 1. The Morgan fingerprint density at radius 3 is 3.23 bits per heavy atom. The summed E-state index contributed by atoms with van der Waals surface area (Å²) in [6.07, 6.45) is 2.75. The largest absolute Gasteiger partial charge is 0.373 e. The van der Waals surface area contributed by atoms with E-state index in [2.05, 4.69) is 22.5 Å². The number of nitrogens with zero attached hydrogens (tertiary/aromatic N) is 1. The number of benzene rings is 1. The first-order chi connectivity index (χ1) is 10.7. The van der Waals surface area contributed by atoms with Crippen LogP contribution >= 0.6 is 22.9 Å². The van der Waals surface area contributed by atoms with Crippen LogP contribution in [-0.4, -0.2) is 16.9 Å². The molecule has 22 heavy (non-hydrogen) atoms. The van der Waals surface area contributed by atoms with Gasteiger partial charge in [-0.2, -0.15) is 0 Å². The lowest BCUT2D eigenvalue weighted by Gasteiger charge is -2.11. The van der Waals surface area contributed by atoms with Crippen molar-refractivity contribution in [3.63, 3.8) is 0 Å². The Kier molecular flexibility index (Phi) is 4.64. The predicted molar refractivity (Wildman–Crippen MR) is 90.5 cm³/mol. The highest BCUT2D eigenvalue weighted by molar-refractivity contribution is 7.09. The van der Waals surface area contributed by atoms with Crippen LogP contribution in [0, 0.1) is 0 Å². The zero-order valence-corrected chi connectivity index (χ0v) is 13.9. The number of rotatable bonds is 5. The van der Waals surface area contributed by atoms with E-state index in [1.807, 2.05) is 23.6 Å². The minimum absolute atomic E-state index is 0.00244. The molecule has 0 spiro atoms. The highest BCUT2D eigenvalue weighted by atomic mass is 35.5. The summed E-state index contributed by atoms with van der Waals surface area (Å²) in [5.74, 6) is -0.00244. The lowest BCUT2D eigenvalue weighted by Crippen LogP contribution is -2.38. The van der Waals surface area contributed by atoms with Gasteiger partial charge in [-0.05, 0) is 36.6 Å². The van der Waals surface area contributed by atoms with Gasteiger partial charge in [0, 0.05) is 22.5 Å². The zero-order valence-electron chi connectivity index (χ0n) is 12.4. The van der Waals surface area contributed by atoms with Gasteiger partial charge >= 0.3 is 0 Å². The van der Waals surface area contributed by atoms with Crippen molar-refractivity contribution in [1.29, 1.82) is 0 Å². The summed E-state index contributed by atoms with van der Waals surface area (Å²) in [4.78, 5) is 16.8. The fourth-order valence-corrected chi connectivity index (χ4v) is 3.64. The molecule has 1 aliphatic rings. The highest BCUT2D eigenvalue weighted by Crippen LogP contribution is 2.28. The van der Waals surface area contributed by atoms with E-state index in [4.69, 9.17) is 11.6 Å². The molecule has 0 saturated heterocycles. The maximum Gasteiger partial charge on any atom is 0.243 e. The first-order valence-corrected chi connectivity index (χ1v) is 8.67. The lowest BCUT2D eigenvalue weighted by atomic mass is 10.1. The number of hydrogen-bond acceptors (Lipinski definition) is 4. The topological polar surface area (TPSA) is 54.0 Å². The lowest BCUT2D eigenvalue weighted by molar-refractivity contribution is -0.121. The summed E-state index contributed by atoms with van der Waals surface area (Å²) in [5.41, 5.74) is 3.01. The fourth-order valence-electron chi connectivity index (χ4n) is 2.55. The van der Waals surface area contributed by atoms with Crippen LogP contribution in [0.5, 0.6) is 0 Å². The number of hydrogen-bond donors (Lipinski definition) is 2. The second-order valence-electron chi connectivity index (χ2n) is 5.40. The number of halogens is 1. The molecular weight excluding hydrogens is 318 g/mol. The van der Waals surface area contributed by atoms with E-state index in [-0.39, 0.29) is 11.9 Å². The summed E-state index contributed by atoms with van der Waals surface area (Å²) >= 11 is 7.64. The Bertz CT molecular complexity index is 686. The smallest absolute Gasteiger partial charge is 0.243 e. The summed E-state index contributed by atoms with van der Waals surface area (Å²) in [5, 5.41) is 10.0. The Labute approximate surface area is 138 Å². The van der Waals surface area contributed by atoms with E-state index < -0.39 is 0 Å². The predicted octanol–water partition coefficient (Wildman–Crippen LogP) is 3.40. The van der Waals surface area contributed by atoms with Gasteiger partial charge in [-0.15, -0.1) is 11.3 Å². The van der Waals surface area contributed by atoms with Gasteiger partial charge in [0.1, 0.15) is 6.04 Å². The van der Waals surface area contributed by atoms with E-state index in [1.165, 1.54) is 0 Å². The molecule has 2 N–H and O–H groups in total. The van der Waals surface area contributed by atoms with E-state index in [9.17, 15) is 4.79 Å². The molecule has 0 unspecified atom stereocenters. The molecule has 0 bridgehead atoms. The molecule has 1 aromatic heterocycles. The van der Waals surface area contributed by atoms with E-state index >= 15 is 0 Å². The van der Waals surface area contributed by atoms with Gasteiger partial charge < -0.3 is 10.6 Å². The second kappa shape index (κ2) is 6.67. The molecule has 0 saturated carbocycles. The van der Waals surface area contributed by atoms with Crippen LogP contribution in [0.15, 0.2) is 23.6 Å². The molecule has 1 aliphatic heterocycles. The van der Waals surface area contributed by atoms with Crippen molar-refractivity contribution in [3.05, 3.63) is 44.9 Å². The Morgan fingerprint density at radius 1 is 1.55 bits per heavy atom. The van der Waals surface area contributed by atoms with Crippen molar-refractivity contribution >= 4 is 34.5 Å².